The Balaban J connectivity index is 1.52. The van der Waals surface area contributed by atoms with Crippen LogP contribution in [0.4, 0.5) is 4.79 Å². The number of urea groups is 1. The number of benzene rings is 1. The van der Waals surface area contributed by atoms with Crippen LogP contribution in [-0.4, -0.2) is 71.3 Å². The van der Waals surface area contributed by atoms with E-state index in [1.807, 2.05) is 49.2 Å². The van der Waals surface area contributed by atoms with Crippen LogP contribution in [0, 0.1) is 5.92 Å². The van der Waals surface area contributed by atoms with E-state index in [4.69, 9.17) is 0 Å². The minimum absolute atomic E-state index is 0.0780. The summed E-state index contributed by atoms with van der Waals surface area (Å²) >= 11 is 0. The van der Waals surface area contributed by atoms with Gasteiger partial charge >= 0.3 is 6.03 Å². The maximum atomic E-state index is 13.2. The summed E-state index contributed by atoms with van der Waals surface area (Å²) in [6, 6.07) is 9.44. The van der Waals surface area contributed by atoms with E-state index in [-0.39, 0.29) is 30.3 Å². The Labute approximate surface area is 172 Å². The average molecular weight is 399 g/mol. The third-order valence-electron chi connectivity index (χ3n) is 6.88. The van der Waals surface area contributed by atoms with Crippen molar-refractivity contribution >= 4 is 17.8 Å². The molecule has 0 unspecified atom stereocenters. The van der Waals surface area contributed by atoms with Crippen LogP contribution in [0.5, 0.6) is 0 Å². The largest absolute Gasteiger partial charge is 0.332 e. The molecule has 156 valence electrons. The molecule has 0 bridgehead atoms. The Hall–Kier alpha value is -2.41. The van der Waals surface area contributed by atoms with Crippen molar-refractivity contribution in [1.29, 1.82) is 0 Å². The summed E-state index contributed by atoms with van der Waals surface area (Å²) in [7, 11) is 2.05. The Morgan fingerprint density at radius 3 is 2.66 bits per heavy atom. The van der Waals surface area contributed by atoms with Crippen molar-refractivity contribution in [2.45, 2.75) is 44.2 Å². The highest BCUT2D eigenvalue weighted by Gasteiger charge is 2.55. The lowest BCUT2D eigenvalue weighted by Crippen LogP contribution is -2.55. The van der Waals surface area contributed by atoms with E-state index >= 15 is 0 Å². The summed E-state index contributed by atoms with van der Waals surface area (Å²) in [4.78, 5) is 44.2. The predicted molar refractivity (Wildman–Crippen MR) is 109 cm³/mol. The summed E-state index contributed by atoms with van der Waals surface area (Å²) in [6.45, 7) is 3.92. The Kier molecular flexibility index (Phi) is 5.34. The lowest BCUT2D eigenvalue weighted by molar-refractivity contribution is -0.143. The monoisotopic (exact) mass is 398 g/mol. The lowest BCUT2D eigenvalue weighted by Gasteiger charge is -2.41. The minimum atomic E-state index is -0.823. The standard InChI is InChI=1S/C22H30N4O3/c1-16-8-6-7-11-22(16)20(28)26(21(29)23-22)15-19(27)25-13-12-24(2)14-18(25)17-9-4-3-5-10-17/h3-5,9-10,16,18H,6-8,11-15H2,1-2H3,(H,23,29)/t16-,18-,22+/m1/s1. The zero-order chi connectivity index (χ0) is 20.6. The molecule has 2 saturated heterocycles. The number of rotatable bonds is 3. The molecule has 1 N–H and O–H groups in total. The number of likely N-dealkylation sites (N-methyl/N-ethyl adjacent to an activating group) is 1. The Morgan fingerprint density at radius 1 is 1.17 bits per heavy atom. The van der Waals surface area contributed by atoms with Crippen LogP contribution in [0.2, 0.25) is 0 Å². The molecule has 2 heterocycles. The van der Waals surface area contributed by atoms with Gasteiger partial charge in [0.25, 0.3) is 5.91 Å². The van der Waals surface area contributed by atoms with E-state index in [9.17, 15) is 14.4 Å². The van der Waals surface area contributed by atoms with E-state index in [1.165, 1.54) is 0 Å². The van der Waals surface area contributed by atoms with Gasteiger partial charge in [-0.2, -0.15) is 0 Å². The fourth-order valence-corrected chi connectivity index (χ4v) is 5.04. The molecule has 3 fully saturated rings. The van der Waals surface area contributed by atoms with E-state index < -0.39 is 11.6 Å². The van der Waals surface area contributed by atoms with Gasteiger partial charge in [0.1, 0.15) is 12.1 Å². The number of nitrogens with zero attached hydrogens (tertiary/aromatic N) is 3. The second kappa shape index (κ2) is 7.78. The van der Waals surface area contributed by atoms with Crippen LogP contribution >= 0.6 is 0 Å². The van der Waals surface area contributed by atoms with Crippen molar-refractivity contribution in [1.82, 2.24) is 20.0 Å². The van der Waals surface area contributed by atoms with Gasteiger partial charge in [-0.1, -0.05) is 50.1 Å². The van der Waals surface area contributed by atoms with Crippen LogP contribution in [-0.2, 0) is 9.59 Å². The maximum absolute atomic E-state index is 13.2. The lowest BCUT2D eigenvalue weighted by atomic mass is 9.73. The van der Waals surface area contributed by atoms with Gasteiger partial charge in [0.05, 0.1) is 6.04 Å². The van der Waals surface area contributed by atoms with Gasteiger partial charge in [-0.05, 0) is 31.4 Å². The van der Waals surface area contributed by atoms with Crippen molar-refractivity contribution in [3.05, 3.63) is 35.9 Å². The molecule has 3 atom stereocenters. The summed E-state index contributed by atoms with van der Waals surface area (Å²) in [5.41, 5.74) is 0.248. The van der Waals surface area contributed by atoms with Crippen LogP contribution in [0.15, 0.2) is 30.3 Å². The number of carbonyl (C=O) groups excluding carboxylic acids is 3. The number of imide groups is 1. The molecule has 7 nitrogen and oxygen atoms in total. The number of piperazine rings is 1. The van der Waals surface area contributed by atoms with Crippen molar-refractivity contribution in [3.63, 3.8) is 0 Å². The normalized spacial score (nSPS) is 30.7. The van der Waals surface area contributed by atoms with Gasteiger partial charge in [-0.3, -0.25) is 14.5 Å². The average Bonchev–Trinajstić information content (AvgIpc) is 2.95. The van der Waals surface area contributed by atoms with Gasteiger partial charge in [0.2, 0.25) is 5.91 Å². The molecule has 1 saturated carbocycles. The summed E-state index contributed by atoms with van der Waals surface area (Å²) in [6.07, 6.45) is 3.57. The zero-order valence-corrected chi connectivity index (χ0v) is 17.3. The first-order valence-electron chi connectivity index (χ1n) is 10.6. The molecule has 3 aliphatic rings. The molecule has 1 aliphatic carbocycles. The third kappa shape index (κ3) is 3.52. The smallest absolute Gasteiger partial charge is 0.325 e. The van der Waals surface area contributed by atoms with E-state index in [2.05, 4.69) is 10.2 Å². The molecule has 1 aromatic rings. The third-order valence-corrected chi connectivity index (χ3v) is 6.88. The fourth-order valence-electron chi connectivity index (χ4n) is 5.04. The first kappa shape index (κ1) is 19.9. The highest BCUT2D eigenvalue weighted by atomic mass is 16.2. The van der Waals surface area contributed by atoms with Gasteiger partial charge in [0, 0.05) is 19.6 Å². The van der Waals surface area contributed by atoms with Gasteiger partial charge in [-0.15, -0.1) is 0 Å². The zero-order valence-electron chi connectivity index (χ0n) is 17.3. The van der Waals surface area contributed by atoms with Crippen LogP contribution in [0.25, 0.3) is 0 Å². The van der Waals surface area contributed by atoms with Crippen molar-refractivity contribution in [3.8, 4) is 0 Å². The molecule has 0 aromatic heterocycles. The SMILES string of the molecule is C[C@@H]1CCCC[C@]12NC(=O)N(CC(=O)N1CCN(C)C[C@@H]1c1ccccc1)C2=O. The number of carbonyl (C=O) groups is 3. The molecule has 1 spiro atoms. The second-order valence-corrected chi connectivity index (χ2v) is 8.72. The number of amides is 4. The molecule has 1 aromatic carbocycles. The molecule has 29 heavy (non-hydrogen) atoms. The highest BCUT2D eigenvalue weighted by Crippen LogP contribution is 2.38. The second-order valence-electron chi connectivity index (χ2n) is 8.72. The first-order chi connectivity index (χ1) is 13.9. The number of hydrogen-bond donors (Lipinski definition) is 1. The Morgan fingerprint density at radius 2 is 1.93 bits per heavy atom. The maximum Gasteiger partial charge on any atom is 0.325 e. The molecule has 2 aliphatic heterocycles. The molecule has 0 radical (unpaired) electrons. The van der Waals surface area contributed by atoms with Gasteiger partial charge < -0.3 is 15.1 Å². The molecule has 7 heteroatoms. The predicted octanol–water partition coefficient (Wildman–Crippen LogP) is 2.00. The van der Waals surface area contributed by atoms with Crippen molar-refractivity contribution in [2.24, 2.45) is 5.92 Å². The van der Waals surface area contributed by atoms with E-state index in [0.29, 0.717) is 13.0 Å². The quantitative estimate of drug-likeness (QED) is 0.791. The minimum Gasteiger partial charge on any atom is -0.332 e. The molecule has 4 amide bonds. The number of nitrogens with one attached hydrogen (secondary N) is 1. The van der Waals surface area contributed by atoms with Crippen LogP contribution < -0.4 is 5.32 Å². The molecule has 4 rings (SSSR count). The van der Waals surface area contributed by atoms with Crippen molar-refractivity contribution in [2.75, 3.05) is 33.2 Å². The summed E-state index contributed by atoms with van der Waals surface area (Å²) in [5, 5.41) is 2.94. The van der Waals surface area contributed by atoms with Crippen LogP contribution in [0.3, 0.4) is 0 Å². The van der Waals surface area contributed by atoms with Gasteiger partial charge in [-0.25, -0.2) is 4.79 Å². The van der Waals surface area contributed by atoms with Crippen molar-refractivity contribution < 1.29 is 14.4 Å². The first-order valence-corrected chi connectivity index (χ1v) is 10.6. The summed E-state index contributed by atoms with van der Waals surface area (Å²) < 4.78 is 0. The summed E-state index contributed by atoms with van der Waals surface area (Å²) in [5.74, 6) is -0.307. The number of hydrogen-bond acceptors (Lipinski definition) is 4. The molecular weight excluding hydrogens is 368 g/mol. The Bertz CT molecular complexity index is 799. The van der Waals surface area contributed by atoms with E-state index in [1.54, 1.807) is 0 Å². The molecular formula is C22H30N4O3. The van der Waals surface area contributed by atoms with Crippen LogP contribution in [0.1, 0.15) is 44.2 Å². The highest BCUT2D eigenvalue weighted by molar-refractivity contribution is 6.09. The van der Waals surface area contributed by atoms with E-state index in [0.717, 1.165) is 42.8 Å². The van der Waals surface area contributed by atoms with Gasteiger partial charge in [0.15, 0.2) is 0 Å². The topological polar surface area (TPSA) is 73.0 Å². The fraction of sp³-hybridized carbons (Fsp3) is 0.591.